The van der Waals surface area contributed by atoms with Crippen molar-refractivity contribution in [3.05, 3.63) is 70.2 Å². The predicted octanol–water partition coefficient (Wildman–Crippen LogP) is 1.96. The largest absolute Gasteiger partial charge is 0.269 e. The second-order valence-electron chi connectivity index (χ2n) is 5.19. The highest BCUT2D eigenvalue weighted by molar-refractivity contribution is 7.89. The normalized spacial score (nSPS) is 10.9. The summed E-state index contributed by atoms with van der Waals surface area (Å²) in [6, 6.07) is 12.4. The molecule has 24 heavy (non-hydrogen) atoms. The molecular weight excluding hydrogens is 352 g/mol. The Morgan fingerprint density at radius 2 is 1.54 bits per heavy atom. The van der Waals surface area contributed by atoms with E-state index in [0.29, 0.717) is 21.7 Å². The summed E-state index contributed by atoms with van der Waals surface area (Å²) >= 11 is 5.80. The lowest BCUT2D eigenvalue weighted by atomic mass is 10.1. The van der Waals surface area contributed by atoms with Gasteiger partial charge in [0.15, 0.2) is 9.84 Å². The first kappa shape index (κ1) is 18.0. The van der Waals surface area contributed by atoms with Gasteiger partial charge >= 0.3 is 0 Å². The monoisotopic (exact) mass is 366 g/mol. The summed E-state index contributed by atoms with van der Waals surface area (Å²) in [5.74, 6) is -1.11. The highest BCUT2D eigenvalue weighted by atomic mass is 35.5. The van der Waals surface area contributed by atoms with Gasteiger partial charge in [0.25, 0.3) is 11.8 Å². The average Bonchev–Trinajstić information content (AvgIpc) is 2.51. The number of hydrazine groups is 1. The van der Waals surface area contributed by atoms with Crippen LogP contribution < -0.4 is 10.9 Å². The van der Waals surface area contributed by atoms with Crippen LogP contribution in [-0.2, 0) is 15.6 Å². The summed E-state index contributed by atoms with van der Waals surface area (Å²) in [7, 11) is -3.13. The Kier molecular flexibility index (Phi) is 5.58. The van der Waals surface area contributed by atoms with Crippen LogP contribution in [0.15, 0.2) is 48.5 Å². The Hall–Kier alpha value is -2.38. The number of benzene rings is 2. The minimum Gasteiger partial charge on any atom is -0.267 e. The molecule has 0 fully saturated rings. The molecule has 0 aliphatic rings. The number of rotatable bonds is 4. The zero-order chi connectivity index (χ0) is 17.7. The zero-order valence-corrected chi connectivity index (χ0v) is 14.3. The van der Waals surface area contributed by atoms with Gasteiger partial charge in [-0.1, -0.05) is 29.8 Å². The van der Waals surface area contributed by atoms with Gasteiger partial charge in [0.1, 0.15) is 0 Å². The van der Waals surface area contributed by atoms with Crippen molar-refractivity contribution in [2.45, 2.75) is 5.75 Å². The van der Waals surface area contributed by atoms with Gasteiger partial charge < -0.3 is 0 Å². The average molecular weight is 367 g/mol. The van der Waals surface area contributed by atoms with Gasteiger partial charge in [-0.2, -0.15) is 0 Å². The van der Waals surface area contributed by atoms with Gasteiger partial charge in [0, 0.05) is 22.4 Å². The molecule has 2 N–H and O–H groups in total. The maximum absolute atomic E-state index is 12.0. The lowest BCUT2D eigenvalue weighted by molar-refractivity contribution is 0.0846. The highest BCUT2D eigenvalue weighted by Gasteiger charge is 2.10. The minimum absolute atomic E-state index is 0.0968. The number of amides is 2. The van der Waals surface area contributed by atoms with E-state index in [1.54, 1.807) is 30.3 Å². The summed E-state index contributed by atoms with van der Waals surface area (Å²) in [6.45, 7) is 0. The maximum Gasteiger partial charge on any atom is 0.269 e. The highest BCUT2D eigenvalue weighted by Crippen LogP contribution is 2.10. The van der Waals surface area contributed by atoms with Crippen molar-refractivity contribution in [2.75, 3.05) is 6.26 Å². The molecule has 0 aromatic heterocycles. The third-order valence-corrected chi connectivity index (χ3v) is 4.11. The number of carbonyl (C=O) groups excluding carboxylic acids is 2. The topological polar surface area (TPSA) is 92.3 Å². The van der Waals surface area contributed by atoms with Gasteiger partial charge in [-0.15, -0.1) is 0 Å². The number of hydrogen-bond donors (Lipinski definition) is 2. The van der Waals surface area contributed by atoms with Gasteiger partial charge in [0.2, 0.25) is 0 Å². The van der Waals surface area contributed by atoms with E-state index >= 15 is 0 Å². The van der Waals surface area contributed by atoms with E-state index in [1.807, 2.05) is 0 Å². The molecule has 126 valence electrons. The van der Waals surface area contributed by atoms with Crippen LogP contribution in [0.5, 0.6) is 0 Å². The first-order chi connectivity index (χ1) is 11.2. The standard InChI is InChI=1S/C16H15ClN2O4S/c1-24(22,23)10-11-5-7-12(8-6-11)15(20)18-19-16(21)13-3-2-4-14(17)9-13/h2-9H,10H2,1H3,(H,18,20)(H,19,21). The first-order valence-electron chi connectivity index (χ1n) is 6.87. The zero-order valence-electron chi connectivity index (χ0n) is 12.7. The van der Waals surface area contributed by atoms with Crippen LogP contribution in [0, 0.1) is 0 Å². The first-order valence-corrected chi connectivity index (χ1v) is 9.31. The molecule has 2 aromatic rings. The number of sulfone groups is 1. The maximum atomic E-state index is 12.0. The van der Waals surface area contributed by atoms with Crippen molar-refractivity contribution >= 4 is 33.3 Å². The van der Waals surface area contributed by atoms with Crippen LogP contribution in [0.1, 0.15) is 26.3 Å². The van der Waals surface area contributed by atoms with Crippen LogP contribution in [0.2, 0.25) is 5.02 Å². The van der Waals surface area contributed by atoms with Crippen LogP contribution in [-0.4, -0.2) is 26.5 Å². The third kappa shape index (κ3) is 5.36. The number of hydrogen-bond acceptors (Lipinski definition) is 4. The molecule has 0 heterocycles. The lowest BCUT2D eigenvalue weighted by Gasteiger charge is -2.08. The molecule has 8 heteroatoms. The van der Waals surface area contributed by atoms with Crippen molar-refractivity contribution < 1.29 is 18.0 Å². The molecule has 0 aliphatic carbocycles. The number of carbonyl (C=O) groups is 2. The Bertz CT molecular complexity index is 864. The molecule has 0 atom stereocenters. The molecule has 0 radical (unpaired) electrons. The van der Waals surface area contributed by atoms with Gasteiger partial charge in [-0.25, -0.2) is 8.42 Å². The Labute approximate surface area is 144 Å². The van der Waals surface area contributed by atoms with Gasteiger partial charge in [-0.05, 0) is 35.9 Å². The van der Waals surface area contributed by atoms with Crippen molar-refractivity contribution in [3.63, 3.8) is 0 Å². The van der Waals surface area contributed by atoms with E-state index in [1.165, 1.54) is 18.2 Å². The molecule has 2 aromatic carbocycles. The smallest absolute Gasteiger partial charge is 0.267 e. The Morgan fingerprint density at radius 3 is 2.08 bits per heavy atom. The van der Waals surface area contributed by atoms with Crippen LogP contribution >= 0.6 is 11.6 Å². The molecule has 0 saturated heterocycles. The second kappa shape index (κ2) is 7.46. The van der Waals surface area contributed by atoms with E-state index in [4.69, 9.17) is 11.6 Å². The van der Waals surface area contributed by atoms with E-state index in [0.717, 1.165) is 6.26 Å². The Balaban J connectivity index is 1.96. The van der Waals surface area contributed by atoms with Crippen molar-refractivity contribution in [3.8, 4) is 0 Å². The number of nitrogens with one attached hydrogen (secondary N) is 2. The molecule has 0 unspecified atom stereocenters. The fourth-order valence-corrected chi connectivity index (χ4v) is 2.93. The molecule has 0 spiro atoms. The second-order valence-corrected chi connectivity index (χ2v) is 7.76. The molecule has 2 amide bonds. The van der Waals surface area contributed by atoms with Crippen LogP contribution in [0.25, 0.3) is 0 Å². The summed E-state index contributed by atoms with van der Waals surface area (Å²) in [4.78, 5) is 23.9. The minimum atomic E-state index is -3.13. The van der Waals surface area contributed by atoms with E-state index in [2.05, 4.69) is 10.9 Å². The molecular formula is C16H15ClN2O4S. The van der Waals surface area contributed by atoms with Gasteiger partial charge in [0.05, 0.1) is 5.75 Å². The molecule has 0 aliphatic heterocycles. The van der Waals surface area contributed by atoms with Crippen molar-refractivity contribution in [2.24, 2.45) is 0 Å². The van der Waals surface area contributed by atoms with Gasteiger partial charge in [-0.3, -0.25) is 20.4 Å². The third-order valence-electron chi connectivity index (χ3n) is 3.02. The fourth-order valence-electron chi connectivity index (χ4n) is 1.94. The van der Waals surface area contributed by atoms with E-state index in [-0.39, 0.29) is 5.75 Å². The van der Waals surface area contributed by atoms with Crippen LogP contribution in [0.4, 0.5) is 0 Å². The quantitative estimate of drug-likeness (QED) is 0.809. The van der Waals surface area contributed by atoms with E-state index in [9.17, 15) is 18.0 Å². The summed E-state index contributed by atoms with van der Waals surface area (Å²) in [6.07, 6.45) is 1.14. The Morgan fingerprint density at radius 1 is 0.958 bits per heavy atom. The summed E-state index contributed by atoms with van der Waals surface area (Å²) in [5, 5.41) is 0.412. The number of halogens is 1. The fraction of sp³-hybridized carbons (Fsp3) is 0.125. The predicted molar refractivity (Wildman–Crippen MR) is 91.4 cm³/mol. The molecule has 2 rings (SSSR count). The lowest BCUT2D eigenvalue weighted by Crippen LogP contribution is -2.41. The van der Waals surface area contributed by atoms with Crippen molar-refractivity contribution in [1.82, 2.24) is 10.9 Å². The molecule has 6 nitrogen and oxygen atoms in total. The van der Waals surface area contributed by atoms with Crippen LogP contribution in [0.3, 0.4) is 0 Å². The van der Waals surface area contributed by atoms with Crippen molar-refractivity contribution in [1.29, 1.82) is 0 Å². The SMILES string of the molecule is CS(=O)(=O)Cc1ccc(C(=O)NNC(=O)c2cccc(Cl)c2)cc1. The molecule has 0 saturated carbocycles. The van der Waals surface area contributed by atoms with E-state index < -0.39 is 21.7 Å². The summed E-state index contributed by atoms with van der Waals surface area (Å²) < 4.78 is 22.4. The summed E-state index contributed by atoms with van der Waals surface area (Å²) in [5.41, 5.74) is 5.75. The molecule has 0 bridgehead atoms.